The minimum Gasteiger partial charge on any atom is -0.507 e. The molecule has 1 aromatic carbocycles. The van der Waals surface area contributed by atoms with Crippen molar-refractivity contribution < 1.29 is 18.1 Å². The van der Waals surface area contributed by atoms with Gasteiger partial charge in [0.15, 0.2) is 0 Å². The largest absolute Gasteiger partial charge is 0.507 e. The summed E-state index contributed by atoms with van der Waals surface area (Å²) >= 11 is 0. The smallest absolute Gasteiger partial charge is 0.275 e. The van der Waals surface area contributed by atoms with E-state index in [1.165, 1.54) is 12.1 Å². The summed E-state index contributed by atoms with van der Waals surface area (Å²) in [4.78, 5) is 0. The molecular weight excluding hydrogens is 288 g/mol. The van der Waals surface area contributed by atoms with Gasteiger partial charge in [-0.2, -0.15) is 8.42 Å². The van der Waals surface area contributed by atoms with Gasteiger partial charge in [-0.05, 0) is 18.1 Å². The molecule has 1 aliphatic rings. The molecule has 112 valence electrons. The summed E-state index contributed by atoms with van der Waals surface area (Å²) in [6.07, 6.45) is 7.34. The van der Waals surface area contributed by atoms with Crippen molar-refractivity contribution in [3.63, 3.8) is 0 Å². The SMILES string of the molecule is C=CCC1(C)C=CC(S(=O)(=O)O)C(c2ccccc2O)=C1. The molecular formula is C16H18O4S. The molecule has 0 bridgehead atoms. The number of benzene rings is 1. The summed E-state index contributed by atoms with van der Waals surface area (Å²) in [5.41, 5.74) is 0.378. The first-order valence-corrected chi connectivity index (χ1v) is 8.05. The molecule has 2 N–H and O–H groups in total. The number of aromatic hydroxyl groups is 1. The molecule has 0 heterocycles. The third-order valence-corrected chi connectivity index (χ3v) is 4.62. The standard InChI is InChI=1S/C16H18O4S/c1-3-9-16(2)10-8-15(21(18,19)20)13(11-16)12-6-4-5-7-14(12)17/h3-8,10-11,15,17H,1,9H2,2H3,(H,18,19,20). The summed E-state index contributed by atoms with van der Waals surface area (Å²) in [5.74, 6) is -0.0198. The number of hydrogen-bond acceptors (Lipinski definition) is 3. The fourth-order valence-electron chi connectivity index (χ4n) is 2.54. The van der Waals surface area contributed by atoms with Crippen molar-refractivity contribution in [2.75, 3.05) is 0 Å². The van der Waals surface area contributed by atoms with E-state index in [4.69, 9.17) is 0 Å². The van der Waals surface area contributed by atoms with E-state index in [0.717, 1.165) is 0 Å². The van der Waals surface area contributed by atoms with Gasteiger partial charge in [-0.1, -0.05) is 49.4 Å². The van der Waals surface area contributed by atoms with Gasteiger partial charge in [0.25, 0.3) is 10.1 Å². The van der Waals surface area contributed by atoms with E-state index in [0.29, 0.717) is 17.6 Å². The van der Waals surface area contributed by atoms with Crippen molar-refractivity contribution in [2.24, 2.45) is 5.41 Å². The fraction of sp³-hybridized carbons (Fsp3) is 0.250. The van der Waals surface area contributed by atoms with E-state index in [2.05, 4.69) is 6.58 Å². The van der Waals surface area contributed by atoms with Crippen LogP contribution >= 0.6 is 0 Å². The van der Waals surface area contributed by atoms with Gasteiger partial charge >= 0.3 is 0 Å². The first-order valence-electron chi connectivity index (χ1n) is 6.54. The normalized spacial score (nSPS) is 25.4. The van der Waals surface area contributed by atoms with Crippen LogP contribution in [0.1, 0.15) is 18.9 Å². The lowest BCUT2D eigenvalue weighted by Gasteiger charge is -2.29. The number of para-hydroxylation sites is 1. The maximum Gasteiger partial charge on any atom is 0.275 e. The van der Waals surface area contributed by atoms with E-state index in [1.807, 2.05) is 6.92 Å². The van der Waals surface area contributed by atoms with E-state index in [1.54, 1.807) is 36.4 Å². The average molecular weight is 306 g/mol. The Morgan fingerprint density at radius 2 is 2.05 bits per heavy atom. The second kappa shape index (κ2) is 5.50. The number of allylic oxidation sites excluding steroid dienone is 3. The Labute approximate surface area is 124 Å². The molecule has 2 rings (SSSR count). The predicted octanol–water partition coefficient (Wildman–Crippen LogP) is 3.18. The minimum atomic E-state index is -4.30. The van der Waals surface area contributed by atoms with Crippen LogP contribution in [0.4, 0.5) is 0 Å². The van der Waals surface area contributed by atoms with E-state index in [9.17, 15) is 18.1 Å². The van der Waals surface area contributed by atoms with Crippen LogP contribution in [0.25, 0.3) is 5.57 Å². The first-order chi connectivity index (χ1) is 9.77. The Morgan fingerprint density at radius 3 is 2.62 bits per heavy atom. The van der Waals surface area contributed by atoms with E-state index >= 15 is 0 Å². The minimum absolute atomic E-state index is 0.0198. The van der Waals surface area contributed by atoms with Gasteiger partial charge in [-0.15, -0.1) is 6.58 Å². The van der Waals surface area contributed by atoms with Crippen molar-refractivity contribution >= 4 is 15.7 Å². The molecule has 0 fully saturated rings. The number of rotatable bonds is 4. The second-order valence-corrected chi connectivity index (χ2v) is 6.95. The molecule has 21 heavy (non-hydrogen) atoms. The zero-order valence-electron chi connectivity index (χ0n) is 11.7. The Hall–Kier alpha value is -1.85. The van der Waals surface area contributed by atoms with Crippen LogP contribution in [-0.4, -0.2) is 23.3 Å². The number of phenols is 1. The summed E-state index contributed by atoms with van der Waals surface area (Å²) < 4.78 is 32.7. The highest BCUT2D eigenvalue weighted by Gasteiger charge is 2.33. The second-order valence-electron chi connectivity index (χ2n) is 5.41. The molecule has 4 nitrogen and oxygen atoms in total. The predicted molar refractivity (Wildman–Crippen MR) is 83.5 cm³/mol. The third-order valence-electron chi connectivity index (χ3n) is 3.56. The van der Waals surface area contributed by atoms with E-state index < -0.39 is 20.8 Å². The van der Waals surface area contributed by atoms with Crippen molar-refractivity contribution in [3.8, 4) is 5.75 Å². The zero-order chi connectivity index (χ0) is 15.7. The molecule has 1 aromatic rings. The Morgan fingerprint density at radius 1 is 1.38 bits per heavy atom. The van der Waals surface area contributed by atoms with Gasteiger partial charge in [0.2, 0.25) is 0 Å². The van der Waals surface area contributed by atoms with Crippen LogP contribution in [0.5, 0.6) is 5.75 Å². The topological polar surface area (TPSA) is 74.6 Å². The van der Waals surface area contributed by atoms with Crippen molar-refractivity contribution in [1.82, 2.24) is 0 Å². The number of phenolic OH excluding ortho intramolecular Hbond substituents is 1. The van der Waals surface area contributed by atoms with Gasteiger partial charge in [-0.25, -0.2) is 0 Å². The van der Waals surface area contributed by atoms with Crippen LogP contribution in [0.3, 0.4) is 0 Å². The average Bonchev–Trinajstić information content (AvgIpc) is 2.37. The molecule has 0 saturated carbocycles. The molecule has 1 aliphatic carbocycles. The lowest BCUT2D eigenvalue weighted by Crippen LogP contribution is -2.26. The highest BCUT2D eigenvalue weighted by atomic mass is 32.2. The van der Waals surface area contributed by atoms with Gasteiger partial charge < -0.3 is 5.11 Å². The Bertz CT molecular complexity index is 716. The van der Waals surface area contributed by atoms with Crippen LogP contribution in [-0.2, 0) is 10.1 Å². The molecule has 0 aliphatic heterocycles. The summed E-state index contributed by atoms with van der Waals surface area (Å²) in [6, 6.07) is 6.48. The maximum absolute atomic E-state index is 11.6. The van der Waals surface area contributed by atoms with Crippen LogP contribution in [0.15, 0.2) is 55.1 Å². The fourth-order valence-corrected chi connectivity index (χ4v) is 3.34. The molecule has 2 atom stereocenters. The van der Waals surface area contributed by atoms with Crippen molar-refractivity contribution in [1.29, 1.82) is 0 Å². The maximum atomic E-state index is 11.6. The number of hydrogen-bond donors (Lipinski definition) is 2. The first kappa shape index (κ1) is 15.5. The molecule has 0 spiro atoms. The quantitative estimate of drug-likeness (QED) is 0.662. The summed E-state index contributed by atoms with van der Waals surface area (Å²) in [7, 11) is -4.30. The highest BCUT2D eigenvalue weighted by molar-refractivity contribution is 7.87. The highest BCUT2D eigenvalue weighted by Crippen LogP contribution is 2.40. The molecule has 5 heteroatoms. The summed E-state index contributed by atoms with van der Waals surface area (Å²) in [6.45, 7) is 5.64. The van der Waals surface area contributed by atoms with Crippen molar-refractivity contribution in [3.05, 3.63) is 60.7 Å². The van der Waals surface area contributed by atoms with Crippen molar-refractivity contribution in [2.45, 2.75) is 18.6 Å². The molecule has 2 unspecified atom stereocenters. The molecule has 0 amide bonds. The zero-order valence-corrected chi connectivity index (χ0v) is 12.5. The van der Waals surface area contributed by atoms with Gasteiger partial charge in [0, 0.05) is 11.0 Å². The summed E-state index contributed by atoms with van der Waals surface area (Å²) in [5, 5.41) is 8.81. The molecule has 0 saturated heterocycles. The van der Waals surface area contributed by atoms with Gasteiger partial charge in [0.05, 0.1) is 0 Å². The lowest BCUT2D eigenvalue weighted by molar-refractivity contribution is 0.471. The van der Waals surface area contributed by atoms with E-state index in [-0.39, 0.29) is 5.75 Å². The monoisotopic (exact) mass is 306 g/mol. The Kier molecular flexibility index (Phi) is 4.07. The van der Waals surface area contributed by atoms with Gasteiger partial charge in [-0.3, -0.25) is 4.55 Å². The lowest BCUT2D eigenvalue weighted by atomic mass is 9.79. The van der Waals surface area contributed by atoms with Crippen LogP contribution in [0.2, 0.25) is 0 Å². The van der Waals surface area contributed by atoms with Crippen LogP contribution in [0, 0.1) is 5.41 Å². The Balaban J connectivity index is 2.61. The third kappa shape index (κ3) is 3.25. The van der Waals surface area contributed by atoms with Crippen LogP contribution < -0.4 is 0 Å². The molecule has 0 radical (unpaired) electrons. The van der Waals surface area contributed by atoms with Gasteiger partial charge in [0.1, 0.15) is 11.0 Å². The molecule has 0 aromatic heterocycles.